The van der Waals surface area contributed by atoms with Gasteiger partial charge in [-0.15, -0.1) is 11.6 Å². The second-order valence-electron chi connectivity index (χ2n) is 4.68. The molecule has 88 valence electrons. The van der Waals surface area contributed by atoms with Crippen molar-refractivity contribution < 1.29 is 4.74 Å². The highest BCUT2D eigenvalue weighted by atomic mass is 35.5. The Bertz CT molecular complexity index is 358. The molecule has 1 atom stereocenters. The molecule has 0 aromatic heterocycles. The van der Waals surface area contributed by atoms with Gasteiger partial charge in [-0.05, 0) is 61.8 Å². The highest BCUT2D eigenvalue weighted by molar-refractivity contribution is 6.20. The van der Waals surface area contributed by atoms with E-state index in [0.717, 1.165) is 24.5 Å². The Balaban J connectivity index is 1.92. The summed E-state index contributed by atoms with van der Waals surface area (Å²) in [6.07, 6.45) is 4.84. The highest BCUT2D eigenvalue weighted by Gasteiger charge is 2.29. The molecule has 0 aliphatic heterocycles. The maximum absolute atomic E-state index is 6.31. The minimum absolute atomic E-state index is 0.376. The first kappa shape index (κ1) is 11.8. The first-order chi connectivity index (χ1) is 7.70. The number of aryl methyl sites for hydroxylation is 2. The number of methoxy groups -OCH3 is 1. The van der Waals surface area contributed by atoms with E-state index in [4.69, 9.17) is 16.3 Å². The molecule has 1 fully saturated rings. The van der Waals surface area contributed by atoms with Crippen molar-refractivity contribution >= 4 is 11.6 Å². The van der Waals surface area contributed by atoms with Gasteiger partial charge in [0.25, 0.3) is 0 Å². The average molecular weight is 239 g/mol. The zero-order valence-electron chi connectivity index (χ0n) is 10.0. The van der Waals surface area contributed by atoms with Crippen LogP contribution in [0, 0.1) is 12.8 Å². The molecule has 1 aliphatic carbocycles. The van der Waals surface area contributed by atoms with Gasteiger partial charge in [0, 0.05) is 5.38 Å². The van der Waals surface area contributed by atoms with Gasteiger partial charge in [0.15, 0.2) is 0 Å². The molecule has 1 aromatic rings. The minimum atomic E-state index is 0.376. The van der Waals surface area contributed by atoms with Gasteiger partial charge in [-0.2, -0.15) is 0 Å². The summed E-state index contributed by atoms with van der Waals surface area (Å²) in [6, 6.07) is 6.28. The number of ether oxygens (including phenoxy) is 1. The molecule has 1 aromatic carbocycles. The molecule has 1 aliphatic rings. The summed E-state index contributed by atoms with van der Waals surface area (Å²) >= 11 is 6.31. The van der Waals surface area contributed by atoms with Crippen LogP contribution in [0.5, 0.6) is 5.75 Å². The minimum Gasteiger partial charge on any atom is -0.497 e. The lowest BCUT2D eigenvalue weighted by Gasteiger charge is -2.10. The Hall–Kier alpha value is -0.690. The van der Waals surface area contributed by atoms with Crippen LogP contribution in [-0.4, -0.2) is 12.5 Å². The molecule has 0 amide bonds. The quantitative estimate of drug-likeness (QED) is 0.706. The predicted octanol–water partition coefficient (Wildman–Crippen LogP) is 3.95. The third-order valence-corrected chi connectivity index (χ3v) is 3.95. The van der Waals surface area contributed by atoms with Gasteiger partial charge in [0.2, 0.25) is 0 Å². The summed E-state index contributed by atoms with van der Waals surface area (Å²) in [5, 5.41) is 0.376. The van der Waals surface area contributed by atoms with E-state index in [9.17, 15) is 0 Å². The summed E-state index contributed by atoms with van der Waals surface area (Å²) in [4.78, 5) is 0. The van der Waals surface area contributed by atoms with Crippen LogP contribution in [0.15, 0.2) is 18.2 Å². The normalized spacial score (nSPS) is 17.2. The predicted molar refractivity (Wildman–Crippen MR) is 68.4 cm³/mol. The second kappa shape index (κ2) is 5.09. The van der Waals surface area contributed by atoms with Crippen molar-refractivity contribution in [1.82, 2.24) is 0 Å². The molecule has 2 heteroatoms. The number of alkyl halides is 1. The Morgan fingerprint density at radius 1 is 1.44 bits per heavy atom. The van der Waals surface area contributed by atoms with Crippen molar-refractivity contribution in [3.63, 3.8) is 0 Å². The maximum atomic E-state index is 6.31. The van der Waals surface area contributed by atoms with Gasteiger partial charge in [-0.3, -0.25) is 0 Å². The molecule has 0 N–H and O–H groups in total. The van der Waals surface area contributed by atoms with Gasteiger partial charge >= 0.3 is 0 Å². The van der Waals surface area contributed by atoms with Crippen molar-refractivity contribution in [3.05, 3.63) is 29.3 Å². The SMILES string of the molecule is COc1ccc(CCC(Cl)C2CC2)c(C)c1. The topological polar surface area (TPSA) is 9.23 Å². The van der Waals surface area contributed by atoms with Gasteiger partial charge < -0.3 is 4.74 Å². The number of hydrogen-bond acceptors (Lipinski definition) is 1. The van der Waals surface area contributed by atoms with E-state index in [0.29, 0.717) is 5.38 Å². The Morgan fingerprint density at radius 2 is 2.19 bits per heavy atom. The first-order valence-corrected chi connectivity index (χ1v) is 6.42. The van der Waals surface area contributed by atoms with Gasteiger partial charge in [0.05, 0.1) is 7.11 Å². The summed E-state index contributed by atoms with van der Waals surface area (Å²) in [7, 11) is 1.70. The third kappa shape index (κ3) is 2.91. The van der Waals surface area contributed by atoms with Crippen molar-refractivity contribution in [1.29, 1.82) is 0 Å². The lowest BCUT2D eigenvalue weighted by atomic mass is 10.0. The van der Waals surface area contributed by atoms with E-state index in [1.807, 2.05) is 6.07 Å². The van der Waals surface area contributed by atoms with Crippen LogP contribution in [0.3, 0.4) is 0 Å². The number of rotatable bonds is 5. The molecule has 1 unspecified atom stereocenters. The van der Waals surface area contributed by atoms with Crippen LogP contribution in [-0.2, 0) is 6.42 Å². The third-order valence-electron chi connectivity index (χ3n) is 3.37. The lowest BCUT2D eigenvalue weighted by molar-refractivity contribution is 0.414. The number of halogens is 1. The first-order valence-electron chi connectivity index (χ1n) is 5.98. The van der Waals surface area contributed by atoms with Crippen LogP contribution in [0.4, 0.5) is 0 Å². The molecule has 16 heavy (non-hydrogen) atoms. The van der Waals surface area contributed by atoms with Crippen LogP contribution < -0.4 is 4.74 Å². The second-order valence-corrected chi connectivity index (χ2v) is 5.25. The fraction of sp³-hybridized carbons (Fsp3) is 0.571. The van der Waals surface area contributed by atoms with Gasteiger partial charge in [0.1, 0.15) is 5.75 Å². The van der Waals surface area contributed by atoms with Crippen LogP contribution in [0.2, 0.25) is 0 Å². The summed E-state index contributed by atoms with van der Waals surface area (Å²) in [5.74, 6) is 1.73. The fourth-order valence-electron chi connectivity index (χ4n) is 2.06. The van der Waals surface area contributed by atoms with Crippen molar-refractivity contribution in [3.8, 4) is 5.75 Å². The van der Waals surface area contributed by atoms with Crippen molar-refractivity contribution in [2.75, 3.05) is 7.11 Å². The average Bonchev–Trinajstić information content (AvgIpc) is 3.10. The summed E-state index contributed by atoms with van der Waals surface area (Å²) in [5.41, 5.74) is 2.70. The molecule has 0 radical (unpaired) electrons. The number of benzene rings is 1. The van der Waals surface area contributed by atoms with Crippen LogP contribution in [0.25, 0.3) is 0 Å². The van der Waals surface area contributed by atoms with E-state index in [-0.39, 0.29) is 0 Å². The van der Waals surface area contributed by atoms with Crippen molar-refractivity contribution in [2.45, 2.75) is 38.0 Å². The Labute approximate surface area is 103 Å². The lowest BCUT2D eigenvalue weighted by Crippen LogP contribution is -2.03. The largest absolute Gasteiger partial charge is 0.497 e. The molecule has 0 spiro atoms. The summed E-state index contributed by atoms with van der Waals surface area (Å²) < 4.78 is 5.20. The summed E-state index contributed by atoms with van der Waals surface area (Å²) in [6.45, 7) is 2.14. The smallest absolute Gasteiger partial charge is 0.119 e. The Kier molecular flexibility index (Phi) is 3.75. The van der Waals surface area contributed by atoms with Crippen molar-refractivity contribution in [2.24, 2.45) is 5.92 Å². The molecular weight excluding hydrogens is 220 g/mol. The van der Waals surface area contributed by atoms with E-state index in [2.05, 4.69) is 19.1 Å². The van der Waals surface area contributed by atoms with E-state index >= 15 is 0 Å². The van der Waals surface area contributed by atoms with E-state index < -0.39 is 0 Å². The van der Waals surface area contributed by atoms with Crippen LogP contribution in [0.1, 0.15) is 30.4 Å². The molecule has 1 nitrogen and oxygen atoms in total. The van der Waals surface area contributed by atoms with E-state index in [1.54, 1.807) is 7.11 Å². The van der Waals surface area contributed by atoms with Gasteiger partial charge in [-0.1, -0.05) is 6.07 Å². The van der Waals surface area contributed by atoms with E-state index in [1.165, 1.54) is 24.0 Å². The fourth-order valence-corrected chi connectivity index (χ4v) is 2.42. The van der Waals surface area contributed by atoms with Gasteiger partial charge in [-0.25, -0.2) is 0 Å². The molecule has 2 rings (SSSR count). The maximum Gasteiger partial charge on any atom is 0.119 e. The standard InChI is InChI=1S/C14H19ClO/c1-10-9-13(16-2)7-5-11(10)6-8-14(15)12-3-4-12/h5,7,9,12,14H,3-4,6,8H2,1-2H3. The Morgan fingerprint density at radius 3 is 2.75 bits per heavy atom. The molecular formula is C14H19ClO. The van der Waals surface area contributed by atoms with Crippen LogP contribution >= 0.6 is 11.6 Å². The number of hydrogen-bond donors (Lipinski definition) is 0. The molecule has 0 saturated heterocycles. The highest BCUT2D eigenvalue weighted by Crippen LogP contribution is 2.37. The molecule has 1 saturated carbocycles. The molecule has 0 heterocycles. The zero-order chi connectivity index (χ0) is 11.5. The molecule has 0 bridgehead atoms. The monoisotopic (exact) mass is 238 g/mol. The zero-order valence-corrected chi connectivity index (χ0v) is 10.8.